The first kappa shape index (κ1) is 15.4. The molecule has 2 nitrogen and oxygen atoms in total. The number of benzene rings is 2. The number of hydrogen-bond donors (Lipinski definition) is 0. The largest absolute Gasteiger partial charge is 0.493 e. The first-order chi connectivity index (χ1) is 10.9. The van der Waals surface area contributed by atoms with E-state index in [4.69, 9.17) is 4.74 Å². The normalized spacial score (nSPS) is 16.0. The van der Waals surface area contributed by atoms with Gasteiger partial charge in [-0.2, -0.15) is 0 Å². The lowest BCUT2D eigenvalue weighted by molar-refractivity contribution is 0.243. The van der Waals surface area contributed by atoms with Gasteiger partial charge in [0.1, 0.15) is 5.75 Å². The van der Waals surface area contributed by atoms with Crippen LogP contribution in [-0.4, -0.2) is 31.1 Å². The Labute approximate surface area is 134 Å². The summed E-state index contributed by atoms with van der Waals surface area (Å²) in [6.45, 7) is 4.59. The molecule has 2 heteroatoms. The Bertz CT molecular complexity index is 569. The van der Waals surface area contributed by atoms with Crippen molar-refractivity contribution >= 4 is 10.8 Å². The fourth-order valence-corrected chi connectivity index (χ4v) is 3.15. The van der Waals surface area contributed by atoms with Gasteiger partial charge in [0.25, 0.3) is 0 Å². The molecule has 3 rings (SSSR count). The van der Waals surface area contributed by atoms with Crippen molar-refractivity contribution in [2.45, 2.75) is 32.1 Å². The highest BCUT2D eigenvalue weighted by molar-refractivity contribution is 5.88. The van der Waals surface area contributed by atoms with E-state index in [2.05, 4.69) is 53.8 Å². The molecule has 1 aliphatic heterocycles. The monoisotopic (exact) mass is 296 g/mol. The molecular formula is C20H26NO. The van der Waals surface area contributed by atoms with Crippen LogP contribution in [0, 0.1) is 6.42 Å². The van der Waals surface area contributed by atoms with Gasteiger partial charge in [0.2, 0.25) is 0 Å². The molecule has 1 aliphatic rings. The molecule has 1 fully saturated rings. The van der Waals surface area contributed by atoms with Gasteiger partial charge >= 0.3 is 0 Å². The summed E-state index contributed by atoms with van der Waals surface area (Å²) in [5.41, 5.74) is 0. The molecule has 0 N–H and O–H groups in total. The van der Waals surface area contributed by atoms with Crippen LogP contribution in [0.15, 0.2) is 42.5 Å². The smallest absolute Gasteiger partial charge is 0.127 e. The van der Waals surface area contributed by atoms with Crippen LogP contribution in [-0.2, 0) is 0 Å². The number of unbranched alkanes of at least 4 members (excludes halogenated alkanes) is 2. The number of likely N-dealkylation sites (tertiary alicyclic amines) is 1. The van der Waals surface area contributed by atoms with Crippen LogP contribution in [0.2, 0.25) is 0 Å². The molecule has 2 aromatic rings. The standard InChI is InChI=1S/C20H26NO/c1-5-14-21(15-6-1)16-7-2-8-17-22-20-13-9-11-18-10-3-4-12-19(18)20/h1,3-4,9-13H,2,5-8,14-17H2. The maximum Gasteiger partial charge on any atom is 0.127 e. The van der Waals surface area contributed by atoms with Crippen molar-refractivity contribution in [1.82, 2.24) is 4.90 Å². The molecule has 1 heterocycles. The summed E-state index contributed by atoms with van der Waals surface area (Å²) in [5, 5.41) is 2.47. The summed E-state index contributed by atoms with van der Waals surface area (Å²) in [6, 6.07) is 14.7. The van der Waals surface area contributed by atoms with Crippen LogP contribution in [0.1, 0.15) is 32.1 Å². The van der Waals surface area contributed by atoms with Crippen molar-refractivity contribution in [3.05, 3.63) is 48.9 Å². The van der Waals surface area contributed by atoms with Gasteiger partial charge < -0.3 is 9.64 Å². The van der Waals surface area contributed by atoms with E-state index in [1.807, 2.05) is 0 Å². The molecule has 117 valence electrons. The molecule has 0 atom stereocenters. The summed E-state index contributed by atoms with van der Waals surface area (Å²) < 4.78 is 5.99. The van der Waals surface area contributed by atoms with Crippen molar-refractivity contribution in [2.24, 2.45) is 0 Å². The lowest BCUT2D eigenvalue weighted by atomic mass is 10.1. The fraction of sp³-hybridized carbons (Fsp3) is 0.450. The number of hydrogen-bond acceptors (Lipinski definition) is 2. The fourth-order valence-electron chi connectivity index (χ4n) is 3.15. The van der Waals surface area contributed by atoms with E-state index < -0.39 is 0 Å². The third-order valence-corrected chi connectivity index (χ3v) is 4.42. The average molecular weight is 296 g/mol. The van der Waals surface area contributed by atoms with Crippen LogP contribution in [0.3, 0.4) is 0 Å². The number of ether oxygens (including phenoxy) is 1. The molecule has 0 bridgehead atoms. The van der Waals surface area contributed by atoms with E-state index in [0.29, 0.717) is 0 Å². The second-order valence-electron chi connectivity index (χ2n) is 6.09. The second-order valence-corrected chi connectivity index (χ2v) is 6.09. The lowest BCUT2D eigenvalue weighted by Crippen LogP contribution is -2.30. The highest BCUT2D eigenvalue weighted by Gasteiger charge is 2.09. The molecule has 22 heavy (non-hydrogen) atoms. The maximum atomic E-state index is 5.99. The topological polar surface area (TPSA) is 12.5 Å². The Hall–Kier alpha value is -1.54. The van der Waals surface area contributed by atoms with Gasteiger partial charge in [0.05, 0.1) is 6.61 Å². The van der Waals surface area contributed by atoms with Gasteiger partial charge in [0.15, 0.2) is 0 Å². The van der Waals surface area contributed by atoms with E-state index >= 15 is 0 Å². The summed E-state index contributed by atoms with van der Waals surface area (Å²) in [5.74, 6) is 1.02. The first-order valence-electron chi connectivity index (χ1n) is 8.58. The Morgan fingerprint density at radius 3 is 2.59 bits per heavy atom. The van der Waals surface area contributed by atoms with Crippen molar-refractivity contribution in [1.29, 1.82) is 0 Å². The number of piperidine rings is 1. The van der Waals surface area contributed by atoms with Gasteiger partial charge in [-0.05, 0) is 69.6 Å². The summed E-state index contributed by atoms with van der Waals surface area (Å²) in [7, 11) is 0. The first-order valence-corrected chi connectivity index (χ1v) is 8.58. The van der Waals surface area contributed by atoms with Gasteiger partial charge in [-0.3, -0.25) is 0 Å². The van der Waals surface area contributed by atoms with Gasteiger partial charge in [-0.25, -0.2) is 0 Å². The third kappa shape index (κ3) is 4.23. The van der Waals surface area contributed by atoms with Crippen molar-refractivity contribution in [3.8, 4) is 5.75 Å². The molecule has 1 saturated heterocycles. The highest BCUT2D eigenvalue weighted by atomic mass is 16.5. The Morgan fingerprint density at radius 1 is 0.864 bits per heavy atom. The SMILES string of the molecule is [CH]1CCN(CCCCCOc2cccc3ccccc23)CC1. The van der Waals surface area contributed by atoms with Crippen LogP contribution in [0.5, 0.6) is 5.75 Å². The molecule has 1 radical (unpaired) electrons. The van der Waals surface area contributed by atoms with Crippen molar-refractivity contribution in [3.63, 3.8) is 0 Å². The van der Waals surface area contributed by atoms with E-state index in [1.165, 1.54) is 56.1 Å². The summed E-state index contributed by atoms with van der Waals surface area (Å²) in [4.78, 5) is 2.59. The molecule has 0 amide bonds. The molecule has 0 saturated carbocycles. The number of fused-ring (bicyclic) bond motifs is 1. The van der Waals surface area contributed by atoms with Gasteiger partial charge in [-0.1, -0.05) is 36.4 Å². The zero-order valence-electron chi connectivity index (χ0n) is 13.3. The van der Waals surface area contributed by atoms with Crippen molar-refractivity contribution in [2.75, 3.05) is 26.2 Å². The Balaban J connectivity index is 1.37. The second kappa shape index (κ2) is 8.19. The predicted octanol–water partition coefficient (Wildman–Crippen LogP) is 4.69. The van der Waals surface area contributed by atoms with Crippen LogP contribution >= 0.6 is 0 Å². The minimum atomic E-state index is 0.821. The van der Waals surface area contributed by atoms with Crippen LogP contribution in [0.25, 0.3) is 10.8 Å². The molecule has 2 aromatic carbocycles. The average Bonchev–Trinajstić information content (AvgIpc) is 2.59. The van der Waals surface area contributed by atoms with Gasteiger partial charge in [-0.15, -0.1) is 0 Å². The highest BCUT2D eigenvalue weighted by Crippen LogP contribution is 2.25. The summed E-state index contributed by atoms with van der Waals surface area (Å²) in [6.07, 6.45) is 8.63. The molecule has 0 spiro atoms. The summed E-state index contributed by atoms with van der Waals surface area (Å²) >= 11 is 0. The predicted molar refractivity (Wildman–Crippen MR) is 93.3 cm³/mol. The van der Waals surface area contributed by atoms with E-state index in [1.54, 1.807) is 0 Å². The molecule has 0 aromatic heterocycles. The van der Waals surface area contributed by atoms with Crippen LogP contribution in [0.4, 0.5) is 0 Å². The van der Waals surface area contributed by atoms with Crippen LogP contribution < -0.4 is 4.74 Å². The van der Waals surface area contributed by atoms with Crippen molar-refractivity contribution < 1.29 is 4.74 Å². The van der Waals surface area contributed by atoms with Gasteiger partial charge in [0, 0.05) is 5.39 Å². The van der Waals surface area contributed by atoms with E-state index in [9.17, 15) is 0 Å². The molecular weight excluding hydrogens is 270 g/mol. The minimum absolute atomic E-state index is 0.821. The molecule has 0 unspecified atom stereocenters. The molecule has 0 aliphatic carbocycles. The number of rotatable bonds is 7. The Morgan fingerprint density at radius 2 is 1.68 bits per heavy atom. The Kier molecular flexibility index (Phi) is 5.72. The zero-order chi connectivity index (χ0) is 15.0. The third-order valence-electron chi connectivity index (χ3n) is 4.42. The number of nitrogens with zero attached hydrogens (tertiary/aromatic N) is 1. The lowest BCUT2D eigenvalue weighted by Gasteiger charge is -2.26. The van der Waals surface area contributed by atoms with E-state index in [0.717, 1.165) is 18.8 Å². The quantitative estimate of drug-likeness (QED) is 0.687. The maximum absolute atomic E-state index is 5.99. The van der Waals surface area contributed by atoms with E-state index in [-0.39, 0.29) is 0 Å². The minimum Gasteiger partial charge on any atom is -0.493 e. The zero-order valence-corrected chi connectivity index (χ0v) is 13.3.